The third kappa shape index (κ3) is 1.04. The van der Waals surface area contributed by atoms with E-state index in [0.29, 0.717) is 6.61 Å². The van der Waals surface area contributed by atoms with Crippen molar-refractivity contribution < 1.29 is 14.2 Å². The number of rotatable bonds is 0. The van der Waals surface area contributed by atoms with Crippen LogP contribution in [0.4, 0.5) is 0 Å². The molecule has 4 nitrogen and oxygen atoms in total. The zero-order chi connectivity index (χ0) is 9.54. The van der Waals surface area contributed by atoms with E-state index in [1.165, 1.54) is 0 Å². The predicted octanol–water partition coefficient (Wildman–Crippen LogP) is 1.20. The molecule has 2 aliphatic heterocycles. The molecule has 0 saturated heterocycles. The van der Waals surface area contributed by atoms with Crippen molar-refractivity contribution in [1.82, 2.24) is 0 Å². The zero-order valence-electron chi connectivity index (χ0n) is 7.66. The molecule has 3 rings (SSSR count). The van der Waals surface area contributed by atoms with Gasteiger partial charge in [-0.1, -0.05) is 0 Å². The second kappa shape index (κ2) is 2.78. The van der Waals surface area contributed by atoms with Crippen LogP contribution in [0.2, 0.25) is 0 Å². The first kappa shape index (κ1) is 7.94. The summed E-state index contributed by atoms with van der Waals surface area (Å²) in [6.07, 6.45) is 0.854. The average molecular weight is 193 g/mol. The molecule has 2 N–H and O–H groups in total. The molecule has 0 spiro atoms. The molecule has 0 aliphatic carbocycles. The summed E-state index contributed by atoms with van der Waals surface area (Å²) in [5.74, 6) is 2.34. The van der Waals surface area contributed by atoms with E-state index >= 15 is 0 Å². The Hall–Kier alpha value is -1.42. The summed E-state index contributed by atoms with van der Waals surface area (Å²) in [6, 6.07) is 3.83. The Morgan fingerprint density at radius 2 is 1.86 bits per heavy atom. The molecule has 2 aliphatic rings. The van der Waals surface area contributed by atoms with Gasteiger partial charge in [-0.15, -0.1) is 0 Å². The molecule has 0 unspecified atom stereocenters. The highest BCUT2D eigenvalue weighted by atomic mass is 16.7. The molecule has 14 heavy (non-hydrogen) atoms. The maximum atomic E-state index is 5.96. The number of hydrogen-bond acceptors (Lipinski definition) is 4. The van der Waals surface area contributed by atoms with Crippen molar-refractivity contribution in [2.24, 2.45) is 5.73 Å². The lowest BCUT2D eigenvalue weighted by atomic mass is 10.0. The molecule has 0 aromatic heterocycles. The maximum Gasteiger partial charge on any atom is 0.231 e. The minimum absolute atomic E-state index is 0.0493. The molecule has 0 amide bonds. The summed E-state index contributed by atoms with van der Waals surface area (Å²) in [5, 5.41) is 0. The smallest absolute Gasteiger partial charge is 0.231 e. The van der Waals surface area contributed by atoms with Crippen molar-refractivity contribution in [3.05, 3.63) is 17.7 Å². The van der Waals surface area contributed by atoms with Crippen LogP contribution in [0.3, 0.4) is 0 Å². The van der Waals surface area contributed by atoms with Crippen molar-refractivity contribution in [2.45, 2.75) is 12.5 Å². The van der Waals surface area contributed by atoms with Gasteiger partial charge in [-0.25, -0.2) is 0 Å². The lowest BCUT2D eigenvalue weighted by molar-refractivity contribution is 0.174. The number of benzene rings is 1. The van der Waals surface area contributed by atoms with E-state index < -0.39 is 0 Å². The number of ether oxygens (including phenoxy) is 3. The molecule has 0 bridgehead atoms. The monoisotopic (exact) mass is 193 g/mol. The number of fused-ring (bicyclic) bond motifs is 2. The summed E-state index contributed by atoms with van der Waals surface area (Å²) in [7, 11) is 0. The Balaban J connectivity index is 2.12. The minimum Gasteiger partial charge on any atom is -0.493 e. The normalized spacial score (nSPS) is 22.8. The van der Waals surface area contributed by atoms with Crippen LogP contribution < -0.4 is 19.9 Å². The van der Waals surface area contributed by atoms with Crippen LogP contribution in [0.25, 0.3) is 0 Å². The fourth-order valence-electron chi connectivity index (χ4n) is 1.81. The van der Waals surface area contributed by atoms with Crippen molar-refractivity contribution in [3.8, 4) is 17.2 Å². The average Bonchev–Trinajstić information content (AvgIpc) is 2.62. The summed E-state index contributed by atoms with van der Waals surface area (Å²) in [6.45, 7) is 0.960. The van der Waals surface area contributed by atoms with Crippen LogP contribution in [-0.4, -0.2) is 13.4 Å². The molecular formula is C10H11NO3. The van der Waals surface area contributed by atoms with Crippen LogP contribution in [-0.2, 0) is 0 Å². The fraction of sp³-hybridized carbons (Fsp3) is 0.400. The van der Waals surface area contributed by atoms with Gasteiger partial charge < -0.3 is 19.9 Å². The van der Waals surface area contributed by atoms with Gasteiger partial charge in [0.15, 0.2) is 11.5 Å². The van der Waals surface area contributed by atoms with Crippen molar-refractivity contribution in [2.75, 3.05) is 13.4 Å². The van der Waals surface area contributed by atoms with Crippen LogP contribution in [0.5, 0.6) is 17.2 Å². The molecular weight excluding hydrogens is 182 g/mol. The SMILES string of the molecule is N[C@@H]1CCOc2cc3c(cc21)OCO3. The largest absolute Gasteiger partial charge is 0.493 e. The zero-order valence-corrected chi connectivity index (χ0v) is 7.66. The van der Waals surface area contributed by atoms with E-state index in [1.807, 2.05) is 12.1 Å². The molecule has 0 fully saturated rings. The van der Waals surface area contributed by atoms with Gasteiger partial charge in [-0.3, -0.25) is 0 Å². The Bertz CT molecular complexity index is 378. The summed E-state index contributed by atoms with van der Waals surface area (Å²) < 4.78 is 16.0. The van der Waals surface area contributed by atoms with Crippen molar-refractivity contribution in [3.63, 3.8) is 0 Å². The topological polar surface area (TPSA) is 53.7 Å². The summed E-state index contributed by atoms with van der Waals surface area (Å²) in [5.41, 5.74) is 6.98. The summed E-state index contributed by atoms with van der Waals surface area (Å²) >= 11 is 0. The standard InChI is InChI=1S/C10H11NO3/c11-7-1-2-12-8-4-10-9(3-6(7)8)13-5-14-10/h3-4,7H,1-2,5,11H2/t7-/m1/s1. The van der Waals surface area contributed by atoms with Gasteiger partial charge in [0.1, 0.15) is 5.75 Å². The third-order valence-electron chi connectivity index (χ3n) is 2.59. The van der Waals surface area contributed by atoms with Crippen molar-refractivity contribution in [1.29, 1.82) is 0 Å². The second-order valence-corrected chi connectivity index (χ2v) is 3.49. The molecule has 1 aromatic rings. The lowest BCUT2D eigenvalue weighted by Crippen LogP contribution is -2.20. The highest BCUT2D eigenvalue weighted by Gasteiger charge is 2.23. The molecule has 4 heteroatoms. The van der Waals surface area contributed by atoms with Gasteiger partial charge in [0.2, 0.25) is 6.79 Å². The van der Waals surface area contributed by atoms with E-state index in [0.717, 1.165) is 29.2 Å². The molecule has 0 saturated carbocycles. The fourth-order valence-corrected chi connectivity index (χ4v) is 1.81. The first-order chi connectivity index (χ1) is 6.84. The van der Waals surface area contributed by atoms with Crippen LogP contribution in [0.15, 0.2) is 12.1 Å². The van der Waals surface area contributed by atoms with Crippen LogP contribution >= 0.6 is 0 Å². The van der Waals surface area contributed by atoms with E-state index in [1.54, 1.807) is 0 Å². The third-order valence-corrected chi connectivity index (χ3v) is 2.59. The quantitative estimate of drug-likeness (QED) is 0.672. The molecule has 1 aromatic carbocycles. The highest BCUT2D eigenvalue weighted by Crippen LogP contribution is 2.42. The minimum atomic E-state index is 0.0493. The van der Waals surface area contributed by atoms with Gasteiger partial charge in [0, 0.05) is 24.1 Å². The van der Waals surface area contributed by atoms with E-state index in [2.05, 4.69) is 0 Å². The van der Waals surface area contributed by atoms with Gasteiger partial charge >= 0.3 is 0 Å². The first-order valence-electron chi connectivity index (χ1n) is 4.66. The van der Waals surface area contributed by atoms with E-state index in [9.17, 15) is 0 Å². The Kier molecular flexibility index (Phi) is 1.58. The predicted molar refractivity (Wildman–Crippen MR) is 49.6 cm³/mol. The van der Waals surface area contributed by atoms with Crippen molar-refractivity contribution >= 4 is 0 Å². The lowest BCUT2D eigenvalue weighted by Gasteiger charge is -2.22. The van der Waals surface area contributed by atoms with Gasteiger partial charge in [0.25, 0.3) is 0 Å². The Morgan fingerprint density at radius 3 is 2.71 bits per heavy atom. The van der Waals surface area contributed by atoms with Gasteiger partial charge in [0.05, 0.1) is 6.61 Å². The molecule has 2 heterocycles. The van der Waals surface area contributed by atoms with Crippen LogP contribution in [0, 0.1) is 0 Å². The Morgan fingerprint density at radius 1 is 1.07 bits per heavy atom. The van der Waals surface area contributed by atoms with Gasteiger partial charge in [-0.05, 0) is 6.07 Å². The second-order valence-electron chi connectivity index (χ2n) is 3.49. The maximum absolute atomic E-state index is 5.96. The highest BCUT2D eigenvalue weighted by molar-refractivity contribution is 5.53. The molecule has 1 atom stereocenters. The number of nitrogens with two attached hydrogens (primary N) is 1. The van der Waals surface area contributed by atoms with Crippen LogP contribution in [0.1, 0.15) is 18.0 Å². The van der Waals surface area contributed by atoms with E-state index in [-0.39, 0.29) is 12.8 Å². The molecule has 0 radical (unpaired) electrons. The summed E-state index contributed by atoms with van der Waals surface area (Å²) in [4.78, 5) is 0. The Labute approximate surface area is 81.6 Å². The van der Waals surface area contributed by atoms with Gasteiger partial charge in [-0.2, -0.15) is 0 Å². The molecule has 74 valence electrons. The first-order valence-corrected chi connectivity index (χ1v) is 4.66. The number of hydrogen-bond donors (Lipinski definition) is 1. The van der Waals surface area contributed by atoms with E-state index in [4.69, 9.17) is 19.9 Å².